The van der Waals surface area contributed by atoms with Crippen LogP contribution in [0.1, 0.15) is 336 Å². The molecule has 17 nitrogen and oxygen atoms in total. The molecule has 5 atom stereocenters. The van der Waals surface area contributed by atoms with Gasteiger partial charge in [0, 0.05) is 25.7 Å². The second kappa shape index (κ2) is 70.0. The summed E-state index contributed by atoms with van der Waals surface area (Å²) in [5.41, 5.74) is 0. The summed E-state index contributed by atoms with van der Waals surface area (Å²) in [5, 5.41) is 10.6. The lowest BCUT2D eigenvalue weighted by molar-refractivity contribution is -0.161. The smallest absolute Gasteiger partial charge is 0.462 e. The number of aliphatic hydroxyl groups is 1. The number of hydrogen-bond acceptors (Lipinski definition) is 15. The fourth-order valence-electron chi connectivity index (χ4n) is 10.4. The molecule has 0 saturated carbocycles. The largest absolute Gasteiger partial charge is 0.472 e. The molecule has 5 unspecified atom stereocenters. The van der Waals surface area contributed by atoms with Crippen LogP contribution in [0.4, 0.5) is 0 Å². The fourth-order valence-corrected chi connectivity index (χ4v) is 11.9. The average molecular weight is 1400 g/mol. The lowest BCUT2D eigenvalue weighted by Crippen LogP contribution is -2.30. The van der Waals surface area contributed by atoms with Crippen molar-refractivity contribution in [3.63, 3.8) is 0 Å². The van der Waals surface area contributed by atoms with Crippen molar-refractivity contribution in [3.8, 4) is 0 Å². The van der Waals surface area contributed by atoms with E-state index in [9.17, 15) is 43.2 Å². The molecule has 0 aliphatic rings. The Morgan fingerprint density at radius 1 is 0.302 bits per heavy atom. The van der Waals surface area contributed by atoms with E-state index in [4.69, 9.17) is 37.0 Å². The van der Waals surface area contributed by atoms with E-state index in [0.717, 1.165) is 116 Å². The number of phosphoric acid groups is 2. The van der Waals surface area contributed by atoms with E-state index < -0.39 is 97.5 Å². The number of carbonyl (C=O) groups is 4. The Morgan fingerprint density at radius 2 is 0.562 bits per heavy atom. The number of esters is 4. The van der Waals surface area contributed by atoms with Crippen molar-refractivity contribution < 1.29 is 80.2 Å². The summed E-state index contributed by atoms with van der Waals surface area (Å²) in [7, 11) is -9.95. The third-order valence-corrected chi connectivity index (χ3v) is 18.1. The highest BCUT2D eigenvalue weighted by atomic mass is 31.2. The van der Waals surface area contributed by atoms with Gasteiger partial charge in [-0.3, -0.25) is 37.3 Å². The molecule has 0 aromatic heterocycles. The monoisotopic (exact) mass is 1400 g/mol. The first-order chi connectivity index (χ1) is 46.7. The van der Waals surface area contributed by atoms with Crippen LogP contribution < -0.4 is 0 Å². The molecule has 0 heterocycles. The second-order valence-electron chi connectivity index (χ2n) is 25.6. The molecule has 0 amide bonds. The lowest BCUT2D eigenvalue weighted by Gasteiger charge is -2.21. The van der Waals surface area contributed by atoms with Crippen LogP contribution in [0.5, 0.6) is 0 Å². The molecule has 0 aliphatic carbocycles. The average Bonchev–Trinajstić information content (AvgIpc) is 1.17. The number of unbranched alkanes of at least 4 members (excludes halogenated alkanes) is 34. The summed E-state index contributed by atoms with van der Waals surface area (Å²) in [5.74, 6) is -2.23. The summed E-state index contributed by atoms with van der Waals surface area (Å²) in [6.07, 6.45) is 69.1. The number of carbonyl (C=O) groups excluding carboxylic acids is 4. The highest BCUT2D eigenvalue weighted by molar-refractivity contribution is 7.47. The van der Waals surface area contributed by atoms with Crippen molar-refractivity contribution in [1.82, 2.24) is 0 Å². The zero-order valence-corrected chi connectivity index (χ0v) is 62.6. The first-order valence-electron chi connectivity index (χ1n) is 38.2. The number of hydrogen-bond donors (Lipinski definition) is 3. The van der Waals surface area contributed by atoms with Crippen LogP contribution in [0.25, 0.3) is 0 Å². The third-order valence-electron chi connectivity index (χ3n) is 16.2. The molecule has 0 aromatic rings. The van der Waals surface area contributed by atoms with E-state index in [1.807, 2.05) is 12.2 Å². The van der Waals surface area contributed by atoms with Gasteiger partial charge in [0.2, 0.25) is 0 Å². The Kier molecular flexibility index (Phi) is 67.4. The van der Waals surface area contributed by atoms with Crippen molar-refractivity contribution in [2.24, 2.45) is 0 Å². The molecule has 3 N–H and O–H groups in total. The fraction of sp³-hybridized carbons (Fsp3) is 0.792. The van der Waals surface area contributed by atoms with Gasteiger partial charge in [-0.25, -0.2) is 9.13 Å². The van der Waals surface area contributed by atoms with Crippen molar-refractivity contribution in [2.75, 3.05) is 39.6 Å². The van der Waals surface area contributed by atoms with E-state index in [-0.39, 0.29) is 25.7 Å². The van der Waals surface area contributed by atoms with Gasteiger partial charge in [0.15, 0.2) is 12.2 Å². The molecule has 0 saturated heterocycles. The minimum absolute atomic E-state index is 0.0867. The van der Waals surface area contributed by atoms with Crippen LogP contribution in [-0.2, 0) is 65.4 Å². The third kappa shape index (κ3) is 69.0. The predicted octanol–water partition coefficient (Wildman–Crippen LogP) is 21.7. The van der Waals surface area contributed by atoms with Crippen molar-refractivity contribution in [2.45, 2.75) is 354 Å². The van der Waals surface area contributed by atoms with E-state index in [1.54, 1.807) is 0 Å². The molecule has 96 heavy (non-hydrogen) atoms. The molecule has 19 heteroatoms. The van der Waals surface area contributed by atoms with Gasteiger partial charge < -0.3 is 33.8 Å². The Balaban J connectivity index is 5.33. The van der Waals surface area contributed by atoms with Gasteiger partial charge in [0.1, 0.15) is 19.3 Å². The molecule has 0 spiro atoms. The van der Waals surface area contributed by atoms with Gasteiger partial charge in [-0.05, 0) is 83.5 Å². The summed E-state index contributed by atoms with van der Waals surface area (Å²) in [4.78, 5) is 72.7. The van der Waals surface area contributed by atoms with Crippen molar-refractivity contribution >= 4 is 39.5 Å². The lowest BCUT2D eigenvalue weighted by atomic mass is 10.0. The first kappa shape index (κ1) is 92.5. The predicted molar refractivity (Wildman–Crippen MR) is 390 cm³/mol. The number of allylic oxidation sites excluding steroid dienone is 12. The van der Waals surface area contributed by atoms with Gasteiger partial charge in [-0.15, -0.1) is 0 Å². The summed E-state index contributed by atoms with van der Waals surface area (Å²) in [6, 6.07) is 0. The molecule has 0 fully saturated rings. The Hall–Kier alpha value is -3.50. The minimum Gasteiger partial charge on any atom is -0.462 e. The van der Waals surface area contributed by atoms with E-state index >= 15 is 0 Å². The second-order valence-corrected chi connectivity index (χ2v) is 28.5. The van der Waals surface area contributed by atoms with E-state index in [2.05, 4.69) is 88.5 Å². The number of rotatable bonds is 72. The van der Waals surface area contributed by atoms with Crippen molar-refractivity contribution in [1.29, 1.82) is 0 Å². The highest BCUT2D eigenvalue weighted by Gasteiger charge is 2.30. The topological polar surface area (TPSA) is 237 Å². The van der Waals surface area contributed by atoms with Crippen LogP contribution in [0.2, 0.25) is 0 Å². The quantitative estimate of drug-likeness (QED) is 0.0169. The van der Waals surface area contributed by atoms with Crippen LogP contribution in [0.15, 0.2) is 72.9 Å². The summed E-state index contributed by atoms with van der Waals surface area (Å²) in [6.45, 7) is 4.69. The van der Waals surface area contributed by atoms with Gasteiger partial charge in [-0.2, -0.15) is 0 Å². The van der Waals surface area contributed by atoms with Crippen LogP contribution in [0, 0.1) is 0 Å². The first-order valence-corrected chi connectivity index (χ1v) is 41.2. The zero-order valence-electron chi connectivity index (χ0n) is 60.8. The zero-order chi connectivity index (χ0) is 70.4. The molecule has 0 bridgehead atoms. The minimum atomic E-state index is -4.98. The number of phosphoric ester groups is 2. The van der Waals surface area contributed by atoms with Gasteiger partial charge in [0.25, 0.3) is 0 Å². The van der Waals surface area contributed by atoms with E-state index in [0.29, 0.717) is 32.1 Å². The molecule has 0 radical (unpaired) electrons. The summed E-state index contributed by atoms with van der Waals surface area (Å²) < 4.78 is 68.4. The number of aliphatic hydroxyl groups excluding tert-OH is 1. The molecule has 0 aromatic carbocycles. The SMILES string of the molecule is CC/C=C\C/C=C\C/C=C\C/C=C\C/C=C\CCCC(=O)OCC(COP(=O)(O)OCC(O)COP(=O)(O)OCC(COC(=O)CCCCCCCCCCCCCCCCC)OC(=O)CCCCCCC/C=C\CCCC)OC(=O)CCCCCCCCCCCCCCC. The number of ether oxygens (including phenoxy) is 4. The van der Waals surface area contributed by atoms with E-state index in [1.165, 1.54) is 135 Å². The molecular weight excluding hydrogens is 1260 g/mol. The maximum Gasteiger partial charge on any atom is 0.472 e. The van der Waals surface area contributed by atoms with Gasteiger partial charge in [0.05, 0.1) is 26.4 Å². The van der Waals surface area contributed by atoms with Crippen LogP contribution >= 0.6 is 15.6 Å². The normalized spacial score (nSPS) is 14.4. The van der Waals surface area contributed by atoms with Crippen LogP contribution in [-0.4, -0.2) is 96.7 Å². The molecule has 0 rings (SSSR count). The Labute approximate surface area is 583 Å². The molecule has 0 aliphatic heterocycles. The van der Waals surface area contributed by atoms with Gasteiger partial charge in [-0.1, -0.05) is 300 Å². The molecular formula is C77H138O17P2. The molecule has 558 valence electrons. The maximum atomic E-state index is 13.1. The summed E-state index contributed by atoms with van der Waals surface area (Å²) >= 11 is 0. The maximum absolute atomic E-state index is 13.1. The van der Waals surface area contributed by atoms with Crippen molar-refractivity contribution in [3.05, 3.63) is 72.9 Å². The van der Waals surface area contributed by atoms with Gasteiger partial charge >= 0.3 is 39.5 Å². The Morgan fingerprint density at radius 3 is 0.917 bits per heavy atom. The Bertz CT molecular complexity index is 2110. The van der Waals surface area contributed by atoms with Crippen LogP contribution in [0.3, 0.4) is 0 Å². The highest BCUT2D eigenvalue weighted by Crippen LogP contribution is 2.45. The standard InChI is InChI=1S/C77H138O17P2/c1-5-9-13-17-21-25-29-32-34-35-37-40-43-46-50-54-58-62-75(80)88-68-73(94-77(82)64-60-56-52-48-44-38-31-27-23-19-15-11-7-3)70-92-96(85,86)90-66-71(78)65-89-95(83,84)91-69-72(93-76(81)63-59-55-51-47-41-28-24-20-16-12-8-4)67-87-74(79)61-57-53-49-45-42-39-36-33-30-26-22-18-14-10-6-2/h9,13,20-21,24-25,32,34,37,40,46,50,71-73,78H,5-8,10-12,14-19,22-23,26-31,33,35-36,38-39,41-45,47-49,51-70H2,1-4H3,(H,83,84)(H,85,86)/b13-9-,24-20-,25-21-,34-32-,40-37-,50-46-.